The normalized spacial score (nSPS) is 10.6. The lowest BCUT2D eigenvalue weighted by molar-refractivity contribution is -0.384. The lowest BCUT2D eigenvalue weighted by atomic mass is 10.1. The Morgan fingerprint density at radius 3 is 2.24 bits per heavy atom. The molecule has 144 valence electrons. The minimum atomic E-state index is -1.16. The highest BCUT2D eigenvalue weighted by atomic mass is 16.6. The number of hydrogen-bond acceptors (Lipinski definition) is 4. The van der Waals surface area contributed by atoms with Crippen LogP contribution in [0.2, 0.25) is 0 Å². The molecule has 7 nitrogen and oxygen atoms in total. The first-order valence-electron chi connectivity index (χ1n) is 8.60. The Labute approximate surface area is 166 Å². The number of amides is 1. The maximum Gasteiger partial charge on any atom is 0.337 e. The molecule has 0 atom stereocenters. The van der Waals surface area contributed by atoms with Crippen molar-refractivity contribution in [3.05, 3.63) is 105 Å². The van der Waals surface area contributed by atoms with Gasteiger partial charge < -0.3 is 10.4 Å². The highest BCUT2D eigenvalue weighted by Crippen LogP contribution is 2.21. The van der Waals surface area contributed by atoms with Crippen molar-refractivity contribution in [3.8, 4) is 0 Å². The highest BCUT2D eigenvalue weighted by Gasteiger charge is 2.14. The molecule has 0 aliphatic rings. The third-order valence-electron chi connectivity index (χ3n) is 4.11. The summed E-state index contributed by atoms with van der Waals surface area (Å²) in [6.07, 6.45) is 3.36. The van der Waals surface area contributed by atoms with E-state index in [0.717, 1.165) is 0 Å². The predicted molar refractivity (Wildman–Crippen MR) is 110 cm³/mol. The van der Waals surface area contributed by atoms with Gasteiger partial charge in [-0.3, -0.25) is 14.9 Å². The number of carbonyl (C=O) groups excluding carboxylic acids is 1. The summed E-state index contributed by atoms with van der Waals surface area (Å²) < 4.78 is 0. The zero-order chi connectivity index (χ0) is 20.8. The fourth-order valence-corrected chi connectivity index (χ4v) is 2.67. The summed E-state index contributed by atoms with van der Waals surface area (Å²) >= 11 is 0. The fourth-order valence-electron chi connectivity index (χ4n) is 2.67. The molecule has 0 aliphatic carbocycles. The molecule has 0 spiro atoms. The Kier molecular flexibility index (Phi) is 5.80. The van der Waals surface area contributed by atoms with Gasteiger partial charge in [0.2, 0.25) is 0 Å². The molecule has 3 aromatic rings. The second-order valence-electron chi connectivity index (χ2n) is 6.12. The van der Waals surface area contributed by atoms with Crippen molar-refractivity contribution in [2.24, 2.45) is 0 Å². The predicted octanol–water partition coefficient (Wildman–Crippen LogP) is 4.72. The van der Waals surface area contributed by atoms with E-state index in [1.807, 2.05) is 0 Å². The maximum absolute atomic E-state index is 12.4. The summed E-state index contributed by atoms with van der Waals surface area (Å²) in [4.78, 5) is 34.3. The van der Waals surface area contributed by atoms with E-state index in [0.29, 0.717) is 16.7 Å². The Hall–Kier alpha value is -4.26. The van der Waals surface area contributed by atoms with Gasteiger partial charge in [-0.05, 0) is 35.4 Å². The van der Waals surface area contributed by atoms with Gasteiger partial charge in [0, 0.05) is 17.7 Å². The molecule has 0 aromatic heterocycles. The first-order chi connectivity index (χ1) is 13.9. The van der Waals surface area contributed by atoms with Crippen molar-refractivity contribution in [3.63, 3.8) is 0 Å². The zero-order valence-corrected chi connectivity index (χ0v) is 15.1. The van der Waals surface area contributed by atoms with Crippen LogP contribution in [0.3, 0.4) is 0 Å². The van der Waals surface area contributed by atoms with Gasteiger partial charge in [0.15, 0.2) is 0 Å². The number of carboxylic acid groups (broad SMARTS) is 1. The summed E-state index contributed by atoms with van der Waals surface area (Å²) in [5, 5.41) is 22.9. The van der Waals surface area contributed by atoms with E-state index in [1.165, 1.54) is 24.3 Å². The zero-order valence-electron chi connectivity index (χ0n) is 15.1. The quantitative estimate of drug-likeness (QED) is 0.361. The van der Waals surface area contributed by atoms with E-state index in [1.54, 1.807) is 60.7 Å². The molecule has 2 N–H and O–H groups in total. The number of nitrogens with one attached hydrogen (secondary N) is 1. The number of anilines is 1. The minimum absolute atomic E-state index is 0.0239. The number of carboxylic acids is 1. The molecule has 1 amide bonds. The molecular weight excluding hydrogens is 372 g/mol. The molecular formula is C22H16N2O5. The van der Waals surface area contributed by atoms with Crippen molar-refractivity contribution in [2.75, 3.05) is 5.32 Å². The van der Waals surface area contributed by atoms with Crippen LogP contribution in [0.1, 0.15) is 31.8 Å². The van der Waals surface area contributed by atoms with Crippen LogP contribution in [0.25, 0.3) is 12.2 Å². The number of benzene rings is 3. The average Bonchev–Trinajstić information content (AvgIpc) is 2.73. The van der Waals surface area contributed by atoms with Gasteiger partial charge in [0.05, 0.1) is 16.2 Å². The van der Waals surface area contributed by atoms with E-state index in [2.05, 4.69) is 5.32 Å². The van der Waals surface area contributed by atoms with Crippen LogP contribution < -0.4 is 5.32 Å². The Bertz CT molecular complexity index is 1110. The van der Waals surface area contributed by atoms with Crippen molar-refractivity contribution in [1.82, 2.24) is 0 Å². The Morgan fingerprint density at radius 1 is 0.897 bits per heavy atom. The number of nitrogens with zero attached hydrogens (tertiary/aromatic N) is 1. The van der Waals surface area contributed by atoms with E-state index < -0.39 is 16.8 Å². The molecule has 3 rings (SSSR count). The largest absolute Gasteiger partial charge is 0.478 e. The molecule has 0 radical (unpaired) electrons. The summed E-state index contributed by atoms with van der Waals surface area (Å²) in [5.74, 6) is -1.59. The minimum Gasteiger partial charge on any atom is -0.478 e. The molecule has 0 saturated heterocycles. The number of rotatable bonds is 6. The Balaban J connectivity index is 1.88. The van der Waals surface area contributed by atoms with Gasteiger partial charge in [-0.2, -0.15) is 0 Å². The van der Waals surface area contributed by atoms with E-state index in [4.69, 9.17) is 0 Å². The van der Waals surface area contributed by atoms with Crippen molar-refractivity contribution in [2.45, 2.75) is 0 Å². The van der Waals surface area contributed by atoms with E-state index in [-0.39, 0.29) is 16.9 Å². The van der Waals surface area contributed by atoms with Gasteiger partial charge in [-0.1, -0.05) is 48.6 Å². The van der Waals surface area contributed by atoms with Crippen LogP contribution in [0.15, 0.2) is 72.8 Å². The van der Waals surface area contributed by atoms with Gasteiger partial charge >= 0.3 is 5.97 Å². The van der Waals surface area contributed by atoms with E-state index >= 15 is 0 Å². The lowest BCUT2D eigenvalue weighted by Crippen LogP contribution is -2.14. The van der Waals surface area contributed by atoms with Crippen LogP contribution in [-0.2, 0) is 0 Å². The van der Waals surface area contributed by atoms with Crippen LogP contribution in [-0.4, -0.2) is 21.9 Å². The van der Waals surface area contributed by atoms with Crippen LogP contribution in [0.4, 0.5) is 11.4 Å². The molecule has 7 heteroatoms. The smallest absolute Gasteiger partial charge is 0.337 e. The second kappa shape index (κ2) is 8.62. The Morgan fingerprint density at radius 2 is 1.59 bits per heavy atom. The molecule has 0 saturated carbocycles. The second-order valence-corrected chi connectivity index (χ2v) is 6.12. The summed E-state index contributed by atoms with van der Waals surface area (Å²) in [6.45, 7) is 0. The highest BCUT2D eigenvalue weighted by molar-refractivity contribution is 6.08. The van der Waals surface area contributed by atoms with Crippen LogP contribution >= 0.6 is 0 Å². The molecule has 3 aromatic carbocycles. The number of nitro benzene ring substituents is 1. The monoisotopic (exact) mass is 388 g/mol. The van der Waals surface area contributed by atoms with Gasteiger partial charge in [0.1, 0.15) is 0 Å². The number of aromatic carboxylic acids is 1. The van der Waals surface area contributed by atoms with Crippen LogP contribution in [0.5, 0.6) is 0 Å². The SMILES string of the molecule is O=C(Nc1cc(C=Cc2cccc([N+](=O)[O-])c2)ccc1C(=O)O)c1ccccc1. The van der Waals surface area contributed by atoms with Crippen molar-refractivity contribution < 1.29 is 19.6 Å². The molecule has 0 aliphatic heterocycles. The standard InChI is InChI=1S/C22H16N2O5/c25-21(17-6-2-1-3-7-17)23-20-14-16(11-12-19(20)22(26)27)10-9-15-5-4-8-18(13-15)24(28)29/h1-14H,(H,23,25)(H,26,27). The third-order valence-corrected chi connectivity index (χ3v) is 4.11. The fraction of sp³-hybridized carbons (Fsp3) is 0. The van der Waals surface area contributed by atoms with E-state index in [9.17, 15) is 24.8 Å². The third kappa shape index (κ3) is 4.92. The first kappa shape index (κ1) is 19.5. The molecule has 29 heavy (non-hydrogen) atoms. The molecule has 0 bridgehead atoms. The average molecular weight is 388 g/mol. The van der Waals surface area contributed by atoms with Crippen molar-refractivity contribution in [1.29, 1.82) is 0 Å². The number of non-ortho nitro benzene ring substituents is 1. The summed E-state index contributed by atoms with van der Waals surface area (Å²) in [5.41, 5.74) is 1.75. The van der Waals surface area contributed by atoms with Gasteiger partial charge in [-0.15, -0.1) is 0 Å². The summed E-state index contributed by atoms with van der Waals surface area (Å²) in [7, 11) is 0. The number of carbonyl (C=O) groups is 2. The number of nitro groups is 1. The topological polar surface area (TPSA) is 110 Å². The molecule has 0 unspecified atom stereocenters. The maximum atomic E-state index is 12.4. The summed E-state index contributed by atoms with van der Waals surface area (Å²) in [6, 6.07) is 19.1. The lowest BCUT2D eigenvalue weighted by Gasteiger charge is -2.10. The molecule has 0 fully saturated rings. The van der Waals surface area contributed by atoms with Gasteiger partial charge in [-0.25, -0.2) is 4.79 Å². The van der Waals surface area contributed by atoms with Crippen LogP contribution in [0, 0.1) is 10.1 Å². The number of hydrogen-bond donors (Lipinski definition) is 2. The molecule has 0 heterocycles. The first-order valence-corrected chi connectivity index (χ1v) is 8.60. The van der Waals surface area contributed by atoms with Gasteiger partial charge in [0.25, 0.3) is 11.6 Å². The van der Waals surface area contributed by atoms with Crippen molar-refractivity contribution >= 4 is 35.4 Å².